The van der Waals surface area contributed by atoms with Gasteiger partial charge in [-0.05, 0) is 13.3 Å². The van der Waals surface area contributed by atoms with Crippen LogP contribution in [0.3, 0.4) is 0 Å². The topological polar surface area (TPSA) is 56.8 Å². The quantitative estimate of drug-likeness (QED) is 0.531. The molecule has 0 saturated carbocycles. The first-order chi connectivity index (χ1) is 7.70. The van der Waals surface area contributed by atoms with Gasteiger partial charge in [0, 0.05) is 6.54 Å². The summed E-state index contributed by atoms with van der Waals surface area (Å²) in [5.41, 5.74) is 0.963. The molecule has 0 atom stereocenters. The zero-order chi connectivity index (χ0) is 11.8. The van der Waals surface area contributed by atoms with E-state index in [0.29, 0.717) is 33.0 Å². The molecule has 0 aromatic heterocycles. The Morgan fingerprint density at radius 2 is 2.19 bits per heavy atom. The van der Waals surface area contributed by atoms with Gasteiger partial charge in [0.25, 0.3) is 5.91 Å². The number of ether oxygens (including phenoxy) is 3. The molecular weight excluding hydrogens is 210 g/mol. The van der Waals surface area contributed by atoms with E-state index in [4.69, 9.17) is 14.2 Å². The van der Waals surface area contributed by atoms with Gasteiger partial charge < -0.3 is 19.5 Å². The van der Waals surface area contributed by atoms with Crippen molar-refractivity contribution >= 4 is 5.91 Å². The Kier molecular flexibility index (Phi) is 6.07. The number of nitrogens with one attached hydrogen (secondary N) is 1. The van der Waals surface area contributed by atoms with Crippen LogP contribution in [-0.2, 0) is 19.0 Å². The number of carbonyl (C=O) groups is 1. The Bertz CT molecular complexity index is 236. The maximum Gasteiger partial charge on any atom is 0.277 e. The van der Waals surface area contributed by atoms with Gasteiger partial charge in [-0.2, -0.15) is 0 Å². The minimum Gasteiger partial charge on any atom is -0.375 e. The maximum atomic E-state index is 11.5. The van der Waals surface area contributed by atoms with Gasteiger partial charge in [-0.25, -0.2) is 0 Å². The molecule has 1 heterocycles. The van der Waals surface area contributed by atoms with Crippen molar-refractivity contribution < 1.29 is 19.0 Å². The van der Waals surface area contributed by atoms with Crippen molar-refractivity contribution in [2.75, 3.05) is 33.0 Å². The van der Waals surface area contributed by atoms with Crippen molar-refractivity contribution in [1.29, 1.82) is 0 Å². The van der Waals surface area contributed by atoms with Crippen LogP contribution in [0.25, 0.3) is 0 Å². The average Bonchev–Trinajstić information content (AvgIpc) is 2.29. The summed E-state index contributed by atoms with van der Waals surface area (Å²) in [6.07, 6.45) is 0.0841. The predicted molar refractivity (Wildman–Crippen MR) is 59.0 cm³/mol. The highest BCUT2D eigenvalue weighted by Gasteiger charge is 2.21. The number of rotatable bonds is 6. The van der Waals surface area contributed by atoms with E-state index in [1.54, 1.807) is 0 Å². The minimum absolute atomic E-state index is 0.237. The Morgan fingerprint density at radius 1 is 1.50 bits per heavy atom. The molecule has 1 amide bonds. The molecule has 16 heavy (non-hydrogen) atoms. The van der Waals surface area contributed by atoms with Gasteiger partial charge in [-0.15, -0.1) is 0 Å². The molecule has 0 spiro atoms. The lowest BCUT2D eigenvalue weighted by Gasteiger charge is -2.22. The third-order valence-electron chi connectivity index (χ3n) is 1.94. The zero-order valence-corrected chi connectivity index (χ0v) is 9.66. The molecule has 1 saturated heterocycles. The smallest absolute Gasteiger partial charge is 0.277 e. The fourth-order valence-electron chi connectivity index (χ4n) is 1.22. The van der Waals surface area contributed by atoms with Crippen molar-refractivity contribution in [1.82, 2.24) is 5.32 Å². The monoisotopic (exact) mass is 229 g/mol. The van der Waals surface area contributed by atoms with Crippen LogP contribution in [0.15, 0.2) is 12.2 Å². The summed E-state index contributed by atoms with van der Waals surface area (Å²) in [6, 6.07) is 0. The van der Waals surface area contributed by atoms with Gasteiger partial charge in [-0.3, -0.25) is 4.79 Å². The average molecular weight is 229 g/mol. The third kappa shape index (κ3) is 5.25. The molecule has 0 unspecified atom stereocenters. The van der Waals surface area contributed by atoms with Gasteiger partial charge in [0.1, 0.15) is 0 Å². The Morgan fingerprint density at radius 3 is 2.81 bits per heavy atom. The molecule has 1 N–H and O–H groups in total. The summed E-state index contributed by atoms with van der Waals surface area (Å²) in [5, 5.41) is 2.68. The summed E-state index contributed by atoms with van der Waals surface area (Å²) in [5.74, 6) is -0.237. The van der Waals surface area contributed by atoms with Gasteiger partial charge in [-0.1, -0.05) is 12.2 Å². The minimum atomic E-state index is -0.755. The van der Waals surface area contributed by atoms with Gasteiger partial charge in [0.2, 0.25) is 6.29 Å². The first kappa shape index (κ1) is 13.2. The summed E-state index contributed by atoms with van der Waals surface area (Å²) in [6.45, 7) is 8.18. The van der Waals surface area contributed by atoms with E-state index in [0.717, 1.165) is 12.0 Å². The highest BCUT2D eigenvalue weighted by Crippen LogP contribution is 2.04. The van der Waals surface area contributed by atoms with Crippen LogP contribution in [0, 0.1) is 0 Å². The van der Waals surface area contributed by atoms with Crippen LogP contribution in [-0.4, -0.2) is 45.2 Å². The lowest BCUT2D eigenvalue weighted by Crippen LogP contribution is -2.42. The normalized spacial score (nSPS) is 17.1. The summed E-state index contributed by atoms with van der Waals surface area (Å²) < 4.78 is 15.5. The second-order valence-corrected chi connectivity index (χ2v) is 3.73. The first-order valence-electron chi connectivity index (χ1n) is 5.43. The number of carbonyl (C=O) groups excluding carboxylic acids is 1. The molecular formula is C11H19NO4. The van der Waals surface area contributed by atoms with Gasteiger partial charge in [0.05, 0.1) is 26.4 Å². The molecule has 5 nitrogen and oxygen atoms in total. The zero-order valence-electron chi connectivity index (χ0n) is 9.66. The molecule has 92 valence electrons. The first-order valence-corrected chi connectivity index (χ1v) is 5.43. The van der Waals surface area contributed by atoms with Crippen LogP contribution in [0.2, 0.25) is 0 Å². The van der Waals surface area contributed by atoms with E-state index in [1.165, 1.54) is 0 Å². The highest BCUT2D eigenvalue weighted by molar-refractivity contribution is 5.79. The Hall–Kier alpha value is -0.910. The van der Waals surface area contributed by atoms with Gasteiger partial charge >= 0.3 is 0 Å². The molecule has 1 aliphatic heterocycles. The molecule has 1 aliphatic rings. The van der Waals surface area contributed by atoms with E-state index in [2.05, 4.69) is 11.9 Å². The molecule has 0 radical (unpaired) electrons. The Labute approximate surface area is 95.7 Å². The van der Waals surface area contributed by atoms with Crippen molar-refractivity contribution in [3.63, 3.8) is 0 Å². The van der Waals surface area contributed by atoms with Crippen molar-refractivity contribution in [2.24, 2.45) is 0 Å². The largest absolute Gasteiger partial charge is 0.375 e. The summed E-state index contributed by atoms with van der Waals surface area (Å²) in [7, 11) is 0. The standard InChI is InChI=1S/C11H19NO4/c1-9(2)8-14-7-4-12-10(13)11-15-5-3-6-16-11/h11H,1,3-8H2,2H3,(H,12,13). The Balaban J connectivity index is 2.03. The molecule has 0 aromatic rings. The lowest BCUT2D eigenvalue weighted by atomic mass is 10.4. The molecule has 0 bridgehead atoms. The predicted octanol–water partition coefficient (Wildman–Crippen LogP) is 0.458. The van der Waals surface area contributed by atoms with E-state index in [1.807, 2.05) is 6.92 Å². The van der Waals surface area contributed by atoms with E-state index < -0.39 is 6.29 Å². The second kappa shape index (κ2) is 7.38. The molecule has 0 aliphatic carbocycles. The van der Waals surface area contributed by atoms with E-state index >= 15 is 0 Å². The fraction of sp³-hybridized carbons (Fsp3) is 0.727. The van der Waals surface area contributed by atoms with Crippen molar-refractivity contribution in [3.8, 4) is 0 Å². The number of amides is 1. The summed E-state index contributed by atoms with van der Waals surface area (Å²) >= 11 is 0. The highest BCUT2D eigenvalue weighted by atomic mass is 16.7. The fourth-order valence-corrected chi connectivity index (χ4v) is 1.22. The second-order valence-electron chi connectivity index (χ2n) is 3.73. The number of hydrogen-bond donors (Lipinski definition) is 1. The molecule has 1 fully saturated rings. The van der Waals surface area contributed by atoms with Crippen LogP contribution in [0.4, 0.5) is 0 Å². The molecule has 1 rings (SSSR count). The summed E-state index contributed by atoms with van der Waals surface area (Å²) in [4.78, 5) is 11.5. The molecule has 5 heteroatoms. The van der Waals surface area contributed by atoms with Crippen LogP contribution < -0.4 is 5.32 Å². The van der Waals surface area contributed by atoms with Crippen molar-refractivity contribution in [3.05, 3.63) is 12.2 Å². The van der Waals surface area contributed by atoms with E-state index in [-0.39, 0.29) is 5.91 Å². The van der Waals surface area contributed by atoms with Crippen molar-refractivity contribution in [2.45, 2.75) is 19.6 Å². The van der Waals surface area contributed by atoms with Crippen LogP contribution in [0.5, 0.6) is 0 Å². The maximum absolute atomic E-state index is 11.5. The van der Waals surface area contributed by atoms with E-state index in [9.17, 15) is 4.79 Å². The van der Waals surface area contributed by atoms with Crippen LogP contribution in [0.1, 0.15) is 13.3 Å². The third-order valence-corrected chi connectivity index (χ3v) is 1.94. The van der Waals surface area contributed by atoms with Crippen LogP contribution >= 0.6 is 0 Å². The molecule has 0 aromatic carbocycles. The SMILES string of the molecule is C=C(C)COCCNC(=O)C1OCCCO1. The van der Waals surface area contributed by atoms with Gasteiger partial charge in [0.15, 0.2) is 0 Å². The lowest BCUT2D eigenvalue weighted by molar-refractivity contribution is -0.190. The number of hydrogen-bond acceptors (Lipinski definition) is 4.